The smallest absolute Gasteiger partial charge is 0.181 e. The van der Waals surface area contributed by atoms with Crippen molar-refractivity contribution in [3.63, 3.8) is 0 Å². The third kappa shape index (κ3) is 1.55. The Balaban J connectivity index is 1.76. The maximum atomic E-state index is 12.0. The molecule has 3 nitrogen and oxygen atoms in total. The minimum Gasteiger partial charge on any atom is -0.468 e. The van der Waals surface area contributed by atoms with Gasteiger partial charge in [-0.2, -0.15) is 0 Å². The summed E-state index contributed by atoms with van der Waals surface area (Å²) in [6, 6.07) is 12.9. The second-order valence-corrected chi connectivity index (χ2v) is 3.87. The maximum Gasteiger partial charge on any atom is 0.181 e. The predicted molar refractivity (Wildman–Crippen MR) is 59.1 cm³/mol. The highest BCUT2D eigenvalue weighted by atomic mass is 16.3. The van der Waals surface area contributed by atoms with Crippen LogP contribution in [0.2, 0.25) is 0 Å². The van der Waals surface area contributed by atoms with Gasteiger partial charge in [-0.3, -0.25) is 10.1 Å². The van der Waals surface area contributed by atoms with Crippen molar-refractivity contribution in [3.8, 4) is 0 Å². The molecule has 1 aromatic carbocycles. The standard InChI is InChI=1S/C13H11NO2/c15-13(9-5-2-1-3-6-9)12-11(14-12)10-7-4-8-16-10/h1-8,11-12,14H. The molecular formula is C13H11NO2. The molecule has 0 bridgehead atoms. The number of benzene rings is 1. The summed E-state index contributed by atoms with van der Waals surface area (Å²) in [6.45, 7) is 0. The van der Waals surface area contributed by atoms with Gasteiger partial charge < -0.3 is 4.42 Å². The Bertz CT molecular complexity index is 490. The van der Waals surface area contributed by atoms with Crippen LogP contribution < -0.4 is 5.32 Å². The topological polar surface area (TPSA) is 52.2 Å². The van der Waals surface area contributed by atoms with Crippen LogP contribution in [0, 0.1) is 0 Å². The van der Waals surface area contributed by atoms with Crippen molar-refractivity contribution < 1.29 is 9.21 Å². The molecule has 2 unspecified atom stereocenters. The molecule has 80 valence electrons. The second kappa shape index (κ2) is 3.61. The van der Waals surface area contributed by atoms with Crippen LogP contribution in [0.4, 0.5) is 0 Å². The zero-order chi connectivity index (χ0) is 11.0. The minimum atomic E-state index is -0.131. The van der Waals surface area contributed by atoms with E-state index in [4.69, 9.17) is 4.42 Å². The lowest BCUT2D eigenvalue weighted by molar-refractivity contribution is 0.0987. The van der Waals surface area contributed by atoms with Gasteiger partial charge in [-0.1, -0.05) is 30.3 Å². The van der Waals surface area contributed by atoms with Gasteiger partial charge in [0.15, 0.2) is 5.78 Å². The fourth-order valence-electron chi connectivity index (χ4n) is 1.86. The van der Waals surface area contributed by atoms with Crippen molar-refractivity contribution in [2.24, 2.45) is 0 Å². The molecule has 2 heterocycles. The summed E-state index contributed by atoms with van der Waals surface area (Å²) in [5.74, 6) is 0.955. The summed E-state index contributed by atoms with van der Waals surface area (Å²) >= 11 is 0. The highest BCUT2D eigenvalue weighted by Gasteiger charge is 2.45. The molecule has 1 aliphatic heterocycles. The third-order valence-electron chi connectivity index (χ3n) is 2.77. The Kier molecular flexibility index (Phi) is 2.11. The van der Waals surface area contributed by atoms with Gasteiger partial charge in [0.05, 0.1) is 18.3 Å². The number of hydrogen-bond acceptors (Lipinski definition) is 3. The van der Waals surface area contributed by atoms with Crippen molar-refractivity contribution in [1.82, 2.24) is 5.32 Å². The lowest BCUT2D eigenvalue weighted by atomic mass is 10.1. The maximum absolute atomic E-state index is 12.0. The fraction of sp³-hybridized carbons (Fsp3) is 0.154. The van der Waals surface area contributed by atoms with Gasteiger partial charge in [0.1, 0.15) is 5.76 Å². The first kappa shape index (κ1) is 9.36. The van der Waals surface area contributed by atoms with Gasteiger partial charge in [0, 0.05) is 5.56 Å². The largest absolute Gasteiger partial charge is 0.468 e. The van der Waals surface area contributed by atoms with E-state index in [9.17, 15) is 4.79 Å². The van der Waals surface area contributed by atoms with E-state index in [2.05, 4.69) is 5.32 Å². The van der Waals surface area contributed by atoms with E-state index in [1.165, 1.54) is 0 Å². The summed E-state index contributed by atoms with van der Waals surface area (Å²) < 4.78 is 5.26. The minimum absolute atomic E-state index is 0.0442. The molecule has 2 aromatic rings. The Hall–Kier alpha value is -1.87. The molecule has 1 fully saturated rings. The number of ketones is 1. The number of carbonyl (C=O) groups excluding carboxylic acids is 1. The number of hydrogen-bond donors (Lipinski definition) is 1. The first-order chi connectivity index (χ1) is 7.86. The fourth-order valence-corrected chi connectivity index (χ4v) is 1.86. The van der Waals surface area contributed by atoms with Crippen molar-refractivity contribution in [2.45, 2.75) is 12.1 Å². The Labute approximate surface area is 93.1 Å². The summed E-state index contributed by atoms with van der Waals surface area (Å²) in [7, 11) is 0. The number of rotatable bonds is 3. The van der Waals surface area contributed by atoms with Crippen molar-refractivity contribution in [1.29, 1.82) is 0 Å². The van der Waals surface area contributed by atoms with E-state index >= 15 is 0 Å². The van der Waals surface area contributed by atoms with Gasteiger partial charge >= 0.3 is 0 Å². The lowest BCUT2D eigenvalue weighted by Crippen LogP contribution is -2.09. The van der Waals surface area contributed by atoms with E-state index in [-0.39, 0.29) is 17.9 Å². The number of nitrogens with one attached hydrogen (secondary N) is 1. The first-order valence-corrected chi connectivity index (χ1v) is 5.25. The summed E-state index contributed by atoms with van der Waals surface area (Å²) in [4.78, 5) is 12.0. The molecule has 3 rings (SSSR count). The zero-order valence-corrected chi connectivity index (χ0v) is 8.59. The molecule has 16 heavy (non-hydrogen) atoms. The molecule has 0 spiro atoms. The van der Waals surface area contributed by atoms with Crippen LogP contribution >= 0.6 is 0 Å². The van der Waals surface area contributed by atoms with Crippen LogP contribution in [0.1, 0.15) is 22.2 Å². The molecule has 0 saturated carbocycles. The van der Waals surface area contributed by atoms with Crippen LogP contribution in [0.5, 0.6) is 0 Å². The van der Waals surface area contributed by atoms with Crippen LogP contribution in [0.3, 0.4) is 0 Å². The molecular weight excluding hydrogens is 202 g/mol. The molecule has 0 radical (unpaired) electrons. The average Bonchev–Trinajstić information content (AvgIpc) is 2.95. The Morgan fingerprint density at radius 3 is 2.62 bits per heavy atom. The monoisotopic (exact) mass is 213 g/mol. The zero-order valence-electron chi connectivity index (χ0n) is 8.59. The highest BCUT2D eigenvalue weighted by molar-refractivity contribution is 6.02. The Morgan fingerprint density at radius 2 is 1.94 bits per heavy atom. The summed E-state index contributed by atoms with van der Waals surface area (Å²) in [5, 5.41) is 3.13. The van der Waals surface area contributed by atoms with Gasteiger partial charge in [0.25, 0.3) is 0 Å². The molecule has 0 aliphatic carbocycles. The van der Waals surface area contributed by atoms with Crippen LogP contribution in [0.15, 0.2) is 53.1 Å². The van der Waals surface area contributed by atoms with Gasteiger partial charge in [-0.05, 0) is 12.1 Å². The number of carbonyl (C=O) groups is 1. The van der Waals surface area contributed by atoms with Crippen molar-refractivity contribution in [2.75, 3.05) is 0 Å². The average molecular weight is 213 g/mol. The van der Waals surface area contributed by atoms with E-state index in [1.807, 2.05) is 42.5 Å². The van der Waals surface area contributed by atoms with E-state index in [1.54, 1.807) is 6.26 Å². The molecule has 2 atom stereocenters. The van der Waals surface area contributed by atoms with Crippen molar-refractivity contribution in [3.05, 3.63) is 60.1 Å². The van der Waals surface area contributed by atoms with Crippen LogP contribution in [-0.4, -0.2) is 11.8 Å². The van der Waals surface area contributed by atoms with Gasteiger partial charge in [-0.15, -0.1) is 0 Å². The molecule has 1 aromatic heterocycles. The van der Waals surface area contributed by atoms with E-state index in [0.717, 1.165) is 11.3 Å². The summed E-state index contributed by atoms with van der Waals surface area (Å²) in [6.07, 6.45) is 1.62. The number of furan rings is 1. The second-order valence-electron chi connectivity index (χ2n) is 3.87. The molecule has 1 aliphatic rings. The van der Waals surface area contributed by atoms with Crippen LogP contribution in [0.25, 0.3) is 0 Å². The van der Waals surface area contributed by atoms with E-state index < -0.39 is 0 Å². The molecule has 1 N–H and O–H groups in total. The predicted octanol–water partition coefficient (Wildman–Crippen LogP) is 2.18. The summed E-state index contributed by atoms with van der Waals surface area (Å²) in [5.41, 5.74) is 0.744. The van der Waals surface area contributed by atoms with Crippen LogP contribution in [-0.2, 0) is 0 Å². The quantitative estimate of drug-likeness (QED) is 0.628. The highest BCUT2D eigenvalue weighted by Crippen LogP contribution is 2.32. The third-order valence-corrected chi connectivity index (χ3v) is 2.77. The molecule has 3 heteroatoms. The van der Waals surface area contributed by atoms with Gasteiger partial charge in [-0.25, -0.2) is 0 Å². The molecule has 1 saturated heterocycles. The Morgan fingerprint density at radius 1 is 1.12 bits per heavy atom. The van der Waals surface area contributed by atoms with Gasteiger partial charge in [0.2, 0.25) is 0 Å². The van der Waals surface area contributed by atoms with Crippen molar-refractivity contribution >= 4 is 5.78 Å². The first-order valence-electron chi connectivity index (χ1n) is 5.25. The molecule has 0 amide bonds. The normalized spacial score (nSPS) is 23.0. The lowest BCUT2D eigenvalue weighted by Gasteiger charge is -1.96. The SMILES string of the molecule is O=C(c1ccccc1)C1NC1c1ccco1. The van der Waals surface area contributed by atoms with E-state index in [0.29, 0.717) is 0 Å². The number of Topliss-reactive ketones (excluding diaryl/α,β-unsaturated/α-hetero) is 1.